The fourth-order valence-corrected chi connectivity index (χ4v) is 3.49. The summed E-state index contributed by atoms with van der Waals surface area (Å²) in [5, 5.41) is 0.705. The summed E-state index contributed by atoms with van der Waals surface area (Å²) in [6.07, 6.45) is 3.04. The van der Waals surface area contributed by atoms with Crippen molar-refractivity contribution in [1.29, 1.82) is 0 Å². The second kappa shape index (κ2) is 8.49. The average molecular weight is 374 g/mol. The number of carbonyl (C=O) groups is 1. The van der Waals surface area contributed by atoms with E-state index in [9.17, 15) is 4.79 Å². The van der Waals surface area contributed by atoms with Crippen LogP contribution in [0.5, 0.6) is 5.88 Å². The van der Waals surface area contributed by atoms with Gasteiger partial charge in [-0.05, 0) is 50.8 Å². The lowest BCUT2D eigenvalue weighted by molar-refractivity contribution is -0.133. The highest BCUT2D eigenvalue weighted by atomic mass is 35.5. The van der Waals surface area contributed by atoms with Crippen LogP contribution in [0.3, 0.4) is 0 Å². The van der Waals surface area contributed by atoms with Gasteiger partial charge >= 0.3 is 0 Å². The first-order valence-corrected chi connectivity index (χ1v) is 9.38. The van der Waals surface area contributed by atoms with Crippen LogP contribution in [0.25, 0.3) is 0 Å². The highest BCUT2D eigenvalue weighted by molar-refractivity contribution is 6.30. The Morgan fingerprint density at radius 1 is 1.31 bits per heavy atom. The third-order valence-electron chi connectivity index (χ3n) is 4.48. The van der Waals surface area contributed by atoms with Crippen molar-refractivity contribution in [3.8, 4) is 5.88 Å². The van der Waals surface area contributed by atoms with Crippen LogP contribution in [0.15, 0.2) is 30.3 Å². The van der Waals surface area contributed by atoms with E-state index in [1.807, 2.05) is 49.1 Å². The average Bonchev–Trinajstić information content (AvgIpc) is 2.59. The van der Waals surface area contributed by atoms with Crippen LogP contribution in [-0.2, 0) is 11.2 Å². The summed E-state index contributed by atoms with van der Waals surface area (Å²) in [6.45, 7) is 5.17. The molecule has 2 aromatic rings. The lowest BCUT2D eigenvalue weighted by atomic mass is 10.1. The molecule has 1 atom stereocenters. The summed E-state index contributed by atoms with van der Waals surface area (Å²) in [4.78, 5) is 23.1. The monoisotopic (exact) mass is 373 g/mol. The Labute approximate surface area is 159 Å². The first-order chi connectivity index (χ1) is 12.5. The van der Waals surface area contributed by atoms with Crippen LogP contribution in [0.1, 0.15) is 36.3 Å². The van der Waals surface area contributed by atoms with E-state index in [1.165, 1.54) is 0 Å². The normalized spacial score (nSPS) is 17.2. The molecule has 0 radical (unpaired) electrons. The molecule has 0 N–H and O–H groups in total. The van der Waals surface area contributed by atoms with Gasteiger partial charge in [-0.25, -0.2) is 4.98 Å². The second-order valence-corrected chi connectivity index (χ2v) is 7.18. The van der Waals surface area contributed by atoms with Crippen LogP contribution in [0, 0.1) is 13.8 Å². The second-order valence-electron chi connectivity index (χ2n) is 6.75. The molecule has 138 valence electrons. The highest BCUT2D eigenvalue weighted by Crippen LogP contribution is 2.19. The minimum atomic E-state index is -0.0208. The van der Waals surface area contributed by atoms with Gasteiger partial charge in [-0.2, -0.15) is 4.98 Å². The molecule has 1 aromatic carbocycles. The highest BCUT2D eigenvalue weighted by Gasteiger charge is 2.25. The Bertz CT molecular complexity index is 761. The van der Waals surface area contributed by atoms with E-state index in [0.717, 1.165) is 30.6 Å². The molecule has 0 saturated carbocycles. The molecule has 5 nitrogen and oxygen atoms in total. The molecule has 1 aromatic heterocycles. The van der Waals surface area contributed by atoms with Gasteiger partial charge in [0.1, 0.15) is 11.9 Å². The van der Waals surface area contributed by atoms with Crippen LogP contribution >= 0.6 is 11.6 Å². The molecular weight excluding hydrogens is 350 g/mol. The standard InChI is InChI=1S/C20H24ClN3O2/c1-14-11-19(23-15(2)22-14)26-18-7-4-10-24(13-18)20(25)9-8-16-5-3-6-17(21)12-16/h3,5-6,11-12,18H,4,7-10,13H2,1-2H3/t18-/m0/s1. The van der Waals surface area contributed by atoms with Gasteiger partial charge in [0, 0.05) is 29.7 Å². The first kappa shape index (κ1) is 18.6. The Morgan fingerprint density at radius 3 is 2.92 bits per heavy atom. The minimum absolute atomic E-state index is 0.0208. The number of hydrogen-bond acceptors (Lipinski definition) is 4. The zero-order valence-electron chi connectivity index (χ0n) is 15.2. The third-order valence-corrected chi connectivity index (χ3v) is 4.71. The van der Waals surface area contributed by atoms with Crippen molar-refractivity contribution in [2.75, 3.05) is 13.1 Å². The van der Waals surface area contributed by atoms with Crippen molar-refractivity contribution in [2.24, 2.45) is 0 Å². The van der Waals surface area contributed by atoms with Crippen molar-refractivity contribution < 1.29 is 9.53 Å². The smallest absolute Gasteiger partial charge is 0.223 e. The van der Waals surface area contributed by atoms with Crippen molar-refractivity contribution in [1.82, 2.24) is 14.9 Å². The summed E-state index contributed by atoms with van der Waals surface area (Å²) in [7, 11) is 0. The van der Waals surface area contributed by atoms with E-state index in [-0.39, 0.29) is 12.0 Å². The van der Waals surface area contributed by atoms with Gasteiger partial charge in [0.25, 0.3) is 0 Å². The number of piperidine rings is 1. The van der Waals surface area contributed by atoms with Gasteiger partial charge in [-0.15, -0.1) is 0 Å². The Kier molecular flexibility index (Phi) is 6.09. The summed E-state index contributed by atoms with van der Waals surface area (Å²) in [5.41, 5.74) is 1.97. The predicted molar refractivity (Wildman–Crippen MR) is 102 cm³/mol. The molecule has 1 aliphatic rings. The number of aryl methyl sites for hydroxylation is 3. The Balaban J connectivity index is 1.54. The molecule has 6 heteroatoms. The number of likely N-dealkylation sites (tertiary alicyclic amines) is 1. The third kappa shape index (κ3) is 5.18. The van der Waals surface area contributed by atoms with Crippen molar-refractivity contribution in [3.05, 3.63) is 52.4 Å². The van der Waals surface area contributed by atoms with Gasteiger partial charge in [-0.3, -0.25) is 4.79 Å². The van der Waals surface area contributed by atoms with E-state index in [1.54, 1.807) is 0 Å². The number of hydrogen-bond donors (Lipinski definition) is 0. The number of nitrogens with zero attached hydrogens (tertiary/aromatic N) is 3. The number of aromatic nitrogens is 2. The van der Waals surface area contributed by atoms with E-state index >= 15 is 0 Å². The molecule has 0 spiro atoms. The number of carbonyl (C=O) groups excluding carboxylic acids is 1. The number of benzene rings is 1. The molecule has 2 heterocycles. The van der Waals surface area contributed by atoms with E-state index in [4.69, 9.17) is 16.3 Å². The van der Waals surface area contributed by atoms with E-state index in [2.05, 4.69) is 9.97 Å². The van der Waals surface area contributed by atoms with Crippen LogP contribution < -0.4 is 4.74 Å². The van der Waals surface area contributed by atoms with Crippen LogP contribution in [0.4, 0.5) is 0 Å². The summed E-state index contributed by atoms with van der Waals surface area (Å²) < 4.78 is 6.01. The molecule has 3 rings (SSSR count). The topological polar surface area (TPSA) is 55.3 Å². The van der Waals surface area contributed by atoms with Crippen LogP contribution in [-0.4, -0.2) is 40.0 Å². The largest absolute Gasteiger partial charge is 0.472 e. The predicted octanol–water partition coefficient (Wildman–Crippen LogP) is 3.75. The molecule has 1 fully saturated rings. The van der Waals surface area contributed by atoms with Gasteiger partial charge < -0.3 is 9.64 Å². The summed E-state index contributed by atoms with van der Waals surface area (Å²) in [5.74, 6) is 1.45. The van der Waals surface area contributed by atoms with Crippen LogP contribution in [0.2, 0.25) is 5.02 Å². The fraction of sp³-hybridized carbons (Fsp3) is 0.450. The maximum atomic E-state index is 12.6. The zero-order valence-corrected chi connectivity index (χ0v) is 16.0. The summed E-state index contributed by atoms with van der Waals surface area (Å²) >= 11 is 6.00. The fourth-order valence-electron chi connectivity index (χ4n) is 3.28. The van der Waals surface area contributed by atoms with E-state index < -0.39 is 0 Å². The minimum Gasteiger partial charge on any atom is -0.472 e. The Morgan fingerprint density at radius 2 is 2.15 bits per heavy atom. The number of halogens is 1. The molecule has 1 aliphatic heterocycles. The van der Waals surface area contributed by atoms with Gasteiger partial charge in [0.05, 0.1) is 6.54 Å². The first-order valence-electron chi connectivity index (χ1n) is 9.01. The maximum absolute atomic E-state index is 12.6. The number of amides is 1. The lowest BCUT2D eigenvalue weighted by Gasteiger charge is -2.32. The van der Waals surface area contributed by atoms with Crippen molar-refractivity contribution in [2.45, 2.75) is 45.6 Å². The molecule has 1 amide bonds. The van der Waals surface area contributed by atoms with Crippen molar-refractivity contribution >= 4 is 17.5 Å². The maximum Gasteiger partial charge on any atom is 0.223 e. The van der Waals surface area contributed by atoms with Gasteiger partial charge in [0.15, 0.2) is 0 Å². The molecule has 0 unspecified atom stereocenters. The zero-order chi connectivity index (χ0) is 18.5. The van der Waals surface area contributed by atoms with E-state index in [0.29, 0.717) is 36.1 Å². The lowest BCUT2D eigenvalue weighted by Crippen LogP contribution is -2.44. The Hall–Kier alpha value is -2.14. The summed E-state index contributed by atoms with van der Waals surface area (Å²) in [6, 6.07) is 9.51. The molecule has 26 heavy (non-hydrogen) atoms. The van der Waals surface area contributed by atoms with Gasteiger partial charge in [-0.1, -0.05) is 23.7 Å². The SMILES string of the molecule is Cc1cc(O[C@H]2CCCN(C(=O)CCc3cccc(Cl)c3)C2)nc(C)n1. The van der Waals surface area contributed by atoms with Gasteiger partial charge in [0.2, 0.25) is 11.8 Å². The molecular formula is C20H24ClN3O2. The molecule has 0 bridgehead atoms. The molecule has 1 saturated heterocycles. The number of rotatable bonds is 5. The number of ether oxygens (including phenoxy) is 1. The quantitative estimate of drug-likeness (QED) is 0.800. The van der Waals surface area contributed by atoms with Crippen molar-refractivity contribution in [3.63, 3.8) is 0 Å². The molecule has 0 aliphatic carbocycles.